The SMILES string of the molecule is O=C(On1c(O)ccc1O)C(S)I. The minimum atomic E-state index is -0.675. The van der Waals surface area contributed by atoms with E-state index in [1.165, 1.54) is 12.1 Å². The predicted octanol–water partition coefficient (Wildman–Crippen LogP) is 0.545. The van der Waals surface area contributed by atoms with E-state index in [9.17, 15) is 4.79 Å². The molecule has 0 aromatic carbocycles. The fourth-order valence-electron chi connectivity index (χ4n) is 0.629. The summed E-state index contributed by atoms with van der Waals surface area (Å²) < 4.78 is -0.0386. The van der Waals surface area contributed by atoms with E-state index >= 15 is 0 Å². The molecule has 7 heteroatoms. The van der Waals surface area contributed by atoms with E-state index in [1.54, 1.807) is 22.6 Å². The lowest BCUT2D eigenvalue weighted by atomic mass is 10.6. The zero-order chi connectivity index (χ0) is 10.0. The van der Waals surface area contributed by atoms with Crippen LogP contribution < -0.4 is 4.84 Å². The molecule has 2 N–H and O–H groups in total. The lowest BCUT2D eigenvalue weighted by molar-refractivity contribution is -0.142. The molecule has 0 amide bonds. The Morgan fingerprint density at radius 2 is 2.00 bits per heavy atom. The van der Waals surface area contributed by atoms with Crippen LogP contribution in [0.3, 0.4) is 0 Å². The standard InChI is InChI=1S/C6H6INO4S/c7-5(13)6(11)12-8-3(9)1-2-4(8)10/h1-2,5,9-10,13H. The molecule has 0 aliphatic rings. The van der Waals surface area contributed by atoms with Crippen molar-refractivity contribution >= 4 is 41.2 Å². The zero-order valence-electron chi connectivity index (χ0n) is 6.22. The van der Waals surface area contributed by atoms with Crippen molar-refractivity contribution in [3.63, 3.8) is 0 Å². The second-order valence-corrected chi connectivity index (χ2v) is 4.84. The molecule has 0 radical (unpaired) electrons. The van der Waals surface area contributed by atoms with Crippen molar-refractivity contribution in [3.8, 4) is 11.8 Å². The Morgan fingerprint density at radius 3 is 2.38 bits per heavy atom. The van der Waals surface area contributed by atoms with Crippen molar-refractivity contribution in [2.45, 2.75) is 3.26 Å². The fraction of sp³-hybridized carbons (Fsp3) is 0.167. The van der Waals surface area contributed by atoms with E-state index in [0.717, 1.165) is 0 Å². The van der Waals surface area contributed by atoms with E-state index in [0.29, 0.717) is 4.73 Å². The van der Waals surface area contributed by atoms with Crippen molar-refractivity contribution in [1.29, 1.82) is 0 Å². The highest BCUT2D eigenvalue weighted by atomic mass is 127. The van der Waals surface area contributed by atoms with E-state index in [-0.39, 0.29) is 11.8 Å². The van der Waals surface area contributed by atoms with E-state index in [4.69, 9.17) is 10.2 Å². The molecule has 0 bridgehead atoms. The van der Waals surface area contributed by atoms with Gasteiger partial charge in [-0.15, -0.1) is 4.73 Å². The topological polar surface area (TPSA) is 71.7 Å². The largest absolute Gasteiger partial charge is 0.492 e. The van der Waals surface area contributed by atoms with Gasteiger partial charge in [0.1, 0.15) is 0 Å². The Bertz CT molecular complexity index is 305. The molecule has 1 aromatic heterocycles. The van der Waals surface area contributed by atoms with Crippen molar-refractivity contribution in [2.24, 2.45) is 0 Å². The molecule has 0 saturated heterocycles. The third kappa shape index (κ3) is 2.44. The van der Waals surface area contributed by atoms with Crippen molar-refractivity contribution in [2.75, 3.05) is 0 Å². The van der Waals surface area contributed by atoms with E-state index in [1.807, 2.05) is 0 Å². The summed E-state index contributed by atoms with van der Waals surface area (Å²) in [4.78, 5) is 15.5. The second kappa shape index (κ2) is 4.09. The third-order valence-electron chi connectivity index (χ3n) is 1.17. The van der Waals surface area contributed by atoms with Gasteiger partial charge in [-0.2, -0.15) is 12.6 Å². The maximum absolute atomic E-state index is 11.0. The van der Waals surface area contributed by atoms with Crippen LogP contribution in [0.2, 0.25) is 0 Å². The van der Waals surface area contributed by atoms with Crippen LogP contribution in [0.4, 0.5) is 0 Å². The van der Waals surface area contributed by atoms with Crippen LogP contribution in [0.25, 0.3) is 0 Å². The zero-order valence-corrected chi connectivity index (χ0v) is 9.27. The van der Waals surface area contributed by atoms with Gasteiger partial charge in [-0.1, -0.05) is 22.6 Å². The fourth-order valence-corrected chi connectivity index (χ4v) is 0.790. The van der Waals surface area contributed by atoms with Gasteiger partial charge in [0.15, 0.2) is 3.26 Å². The van der Waals surface area contributed by atoms with Crippen LogP contribution >= 0.6 is 35.2 Å². The maximum atomic E-state index is 11.0. The Kier molecular flexibility index (Phi) is 3.31. The second-order valence-electron chi connectivity index (χ2n) is 2.09. The average molecular weight is 315 g/mol. The quantitative estimate of drug-likeness (QED) is 0.423. The first-order valence-electron chi connectivity index (χ1n) is 3.16. The number of alkyl halides is 1. The first-order chi connectivity index (χ1) is 6.02. The summed E-state index contributed by atoms with van der Waals surface area (Å²) in [6.45, 7) is 0. The number of carbonyl (C=O) groups excluding carboxylic acids is 1. The predicted molar refractivity (Wildman–Crippen MR) is 56.1 cm³/mol. The van der Waals surface area contributed by atoms with Crippen LogP contribution in [0.15, 0.2) is 12.1 Å². The molecule has 13 heavy (non-hydrogen) atoms. The number of rotatable bonds is 2. The molecule has 1 rings (SSSR count). The summed E-state index contributed by atoms with van der Waals surface area (Å²) in [7, 11) is 0. The van der Waals surface area contributed by atoms with Crippen molar-refractivity contribution in [1.82, 2.24) is 4.73 Å². The van der Waals surface area contributed by atoms with E-state index in [2.05, 4.69) is 17.5 Å². The Hall–Kier alpha value is -0.570. The number of nitrogens with zero attached hydrogens (tertiary/aromatic N) is 1. The molecule has 0 fully saturated rings. The first kappa shape index (κ1) is 10.5. The van der Waals surface area contributed by atoms with Crippen LogP contribution in [-0.4, -0.2) is 24.2 Å². The van der Waals surface area contributed by atoms with Gasteiger partial charge < -0.3 is 15.1 Å². The summed E-state index contributed by atoms with van der Waals surface area (Å²) in [6.07, 6.45) is 0. The molecule has 1 atom stereocenters. The number of aromatic hydroxyl groups is 2. The van der Waals surface area contributed by atoms with Gasteiger partial charge in [0.25, 0.3) is 0 Å². The number of hydrogen-bond acceptors (Lipinski definition) is 5. The maximum Gasteiger partial charge on any atom is 0.355 e. The minimum absolute atomic E-state index is 0.351. The minimum Gasteiger partial charge on any atom is -0.492 e. The van der Waals surface area contributed by atoms with Gasteiger partial charge in [0.05, 0.1) is 0 Å². The molecule has 5 nitrogen and oxygen atoms in total. The van der Waals surface area contributed by atoms with Crippen LogP contribution in [0.5, 0.6) is 11.8 Å². The lowest BCUT2D eigenvalue weighted by Gasteiger charge is -2.06. The molecule has 1 aromatic rings. The molecular weight excluding hydrogens is 309 g/mol. The summed E-state index contributed by atoms with van der Waals surface area (Å²) in [6, 6.07) is 2.40. The molecular formula is C6H6INO4S. The van der Waals surface area contributed by atoms with Crippen molar-refractivity contribution < 1.29 is 19.8 Å². The Labute approximate surface area is 92.8 Å². The molecule has 1 heterocycles. The van der Waals surface area contributed by atoms with E-state index < -0.39 is 9.23 Å². The monoisotopic (exact) mass is 315 g/mol. The van der Waals surface area contributed by atoms with Gasteiger partial charge in [-0.3, -0.25) is 0 Å². The normalized spacial score (nSPS) is 12.5. The molecule has 72 valence electrons. The molecule has 0 aliphatic heterocycles. The number of halogens is 1. The number of thiol groups is 1. The molecule has 1 unspecified atom stereocenters. The summed E-state index contributed by atoms with van der Waals surface area (Å²) in [5.41, 5.74) is 0. The molecule has 0 saturated carbocycles. The van der Waals surface area contributed by atoms with Gasteiger partial charge in [0, 0.05) is 12.1 Å². The number of aromatic nitrogens is 1. The summed E-state index contributed by atoms with van der Waals surface area (Å²) >= 11 is 5.54. The first-order valence-corrected chi connectivity index (χ1v) is 4.92. The highest BCUT2D eigenvalue weighted by molar-refractivity contribution is 14.1. The van der Waals surface area contributed by atoms with Gasteiger partial charge >= 0.3 is 5.97 Å². The Morgan fingerprint density at radius 1 is 1.54 bits per heavy atom. The lowest BCUT2D eigenvalue weighted by Crippen LogP contribution is -2.23. The third-order valence-corrected chi connectivity index (χ3v) is 1.89. The highest BCUT2D eigenvalue weighted by Gasteiger charge is 2.16. The summed E-state index contributed by atoms with van der Waals surface area (Å²) in [5, 5.41) is 18.1. The van der Waals surface area contributed by atoms with Gasteiger partial charge in [-0.05, 0) is 0 Å². The van der Waals surface area contributed by atoms with Crippen molar-refractivity contribution in [3.05, 3.63) is 12.1 Å². The number of carbonyl (C=O) groups is 1. The van der Waals surface area contributed by atoms with Gasteiger partial charge in [0.2, 0.25) is 11.8 Å². The summed E-state index contributed by atoms with van der Waals surface area (Å²) in [5.74, 6) is -1.38. The average Bonchev–Trinajstić information content (AvgIpc) is 2.35. The highest BCUT2D eigenvalue weighted by Crippen LogP contribution is 2.19. The number of hydrogen-bond donors (Lipinski definition) is 3. The van der Waals surface area contributed by atoms with Crippen LogP contribution in [-0.2, 0) is 4.79 Å². The van der Waals surface area contributed by atoms with Crippen LogP contribution in [0, 0.1) is 0 Å². The molecule has 0 spiro atoms. The molecule has 0 aliphatic carbocycles. The van der Waals surface area contributed by atoms with Crippen LogP contribution in [0.1, 0.15) is 0 Å². The van der Waals surface area contributed by atoms with Gasteiger partial charge in [-0.25, -0.2) is 4.79 Å². The Balaban J connectivity index is 2.79. The smallest absolute Gasteiger partial charge is 0.355 e.